The molecule has 0 aromatic rings. The van der Waals surface area contributed by atoms with Crippen LogP contribution in [0.15, 0.2) is 0 Å². The lowest BCUT2D eigenvalue weighted by atomic mass is 10.1. The standard InChI is InChI=1S/C10H22N2O2S/c1-3-10-5-7-12(9-10)15(13,14)8-6-11-4-2/h10-11H,3-9H2,1-2H3. The fourth-order valence-corrected chi connectivity index (χ4v) is 3.37. The Balaban J connectivity index is 2.41. The van der Waals surface area contributed by atoms with Crippen molar-refractivity contribution < 1.29 is 8.42 Å². The van der Waals surface area contributed by atoms with Gasteiger partial charge >= 0.3 is 0 Å². The van der Waals surface area contributed by atoms with Crippen molar-refractivity contribution in [2.75, 3.05) is 31.9 Å². The summed E-state index contributed by atoms with van der Waals surface area (Å²) in [4.78, 5) is 0. The van der Waals surface area contributed by atoms with E-state index in [-0.39, 0.29) is 5.75 Å². The van der Waals surface area contributed by atoms with Gasteiger partial charge in [0.15, 0.2) is 0 Å². The lowest BCUT2D eigenvalue weighted by molar-refractivity contribution is 0.452. The van der Waals surface area contributed by atoms with E-state index in [4.69, 9.17) is 0 Å². The molecule has 1 heterocycles. The first-order valence-electron chi connectivity index (χ1n) is 5.78. The third-order valence-corrected chi connectivity index (χ3v) is 4.84. The molecule has 1 saturated heterocycles. The van der Waals surface area contributed by atoms with Gasteiger partial charge in [-0.15, -0.1) is 0 Å². The number of nitrogens with one attached hydrogen (secondary N) is 1. The number of hydrogen-bond donors (Lipinski definition) is 1. The minimum absolute atomic E-state index is 0.233. The number of rotatable bonds is 6. The third-order valence-electron chi connectivity index (χ3n) is 3.01. The van der Waals surface area contributed by atoms with Gasteiger partial charge in [-0.25, -0.2) is 12.7 Å². The molecule has 90 valence electrons. The molecule has 1 aliphatic rings. The van der Waals surface area contributed by atoms with Gasteiger partial charge < -0.3 is 5.32 Å². The lowest BCUT2D eigenvalue weighted by Gasteiger charge is -2.16. The van der Waals surface area contributed by atoms with Crippen molar-refractivity contribution in [1.82, 2.24) is 9.62 Å². The van der Waals surface area contributed by atoms with E-state index in [0.717, 1.165) is 25.9 Å². The van der Waals surface area contributed by atoms with Crippen LogP contribution >= 0.6 is 0 Å². The van der Waals surface area contributed by atoms with Gasteiger partial charge in [-0.05, 0) is 18.9 Å². The zero-order valence-corrected chi connectivity index (χ0v) is 10.5. The Bertz CT molecular complexity index is 277. The van der Waals surface area contributed by atoms with Crippen LogP contribution < -0.4 is 5.32 Å². The zero-order chi connectivity index (χ0) is 11.3. The van der Waals surface area contributed by atoms with E-state index in [1.165, 1.54) is 0 Å². The monoisotopic (exact) mass is 234 g/mol. The maximum atomic E-state index is 11.9. The van der Waals surface area contributed by atoms with Gasteiger partial charge in [0, 0.05) is 19.6 Å². The molecule has 0 aliphatic carbocycles. The molecule has 1 atom stereocenters. The summed E-state index contributed by atoms with van der Waals surface area (Å²) in [6, 6.07) is 0. The van der Waals surface area contributed by atoms with E-state index in [0.29, 0.717) is 19.0 Å². The Morgan fingerprint density at radius 3 is 2.67 bits per heavy atom. The molecular weight excluding hydrogens is 212 g/mol. The quantitative estimate of drug-likeness (QED) is 0.687. The minimum atomic E-state index is -3.00. The summed E-state index contributed by atoms with van der Waals surface area (Å²) >= 11 is 0. The highest BCUT2D eigenvalue weighted by Crippen LogP contribution is 2.21. The molecule has 1 fully saturated rings. The highest BCUT2D eigenvalue weighted by atomic mass is 32.2. The van der Waals surface area contributed by atoms with Crippen molar-refractivity contribution in [3.8, 4) is 0 Å². The number of nitrogens with zero attached hydrogens (tertiary/aromatic N) is 1. The van der Waals surface area contributed by atoms with E-state index in [1.807, 2.05) is 6.92 Å². The molecule has 0 bridgehead atoms. The molecule has 1 N–H and O–H groups in total. The van der Waals surface area contributed by atoms with Crippen LogP contribution in [0.2, 0.25) is 0 Å². The zero-order valence-electron chi connectivity index (χ0n) is 9.70. The molecule has 15 heavy (non-hydrogen) atoms. The Hall–Kier alpha value is -0.130. The number of sulfonamides is 1. The Kier molecular flexibility index (Phi) is 5.02. The molecule has 1 unspecified atom stereocenters. The highest BCUT2D eigenvalue weighted by molar-refractivity contribution is 7.89. The average molecular weight is 234 g/mol. The van der Waals surface area contributed by atoms with Gasteiger partial charge in [-0.2, -0.15) is 0 Å². The molecule has 1 aliphatic heterocycles. The van der Waals surface area contributed by atoms with E-state index < -0.39 is 10.0 Å². The first-order valence-corrected chi connectivity index (χ1v) is 7.39. The van der Waals surface area contributed by atoms with Crippen LogP contribution in [0.4, 0.5) is 0 Å². The van der Waals surface area contributed by atoms with Crippen molar-refractivity contribution in [2.24, 2.45) is 5.92 Å². The first kappa shape index (κ1) is 12.9. The fourth-order valence-electron chi connectivity index (χ4n) is 1.89. The topological polar surface area (TPSA) is 49.4 Å². The van der Waals surface area contributed by atoms with Crippen molar-refractivity contribution in [1.29, 1.82) is 0 Å². The predicted octanol–water partition coefficient (Wildman–Crippen LogP) is 0.658. The molecule has 0 aromatic carbocycles. The summed E-state index contributed by atoms with van der Waals surface area (Å²) in [6.07, 6.45) is 2.11. The van der Waals surface area contributed by atoms with Gasteiger partial charge in [0.2, 0.25) is 10.0 Å². The van der Waals surface area contributed by atoms with Gasteiger partial charge in [0.1, 0.15) is 0 Å². The molecule has 4 nitrogen and oxygen atoms in total. The maximum absolute atomic E-state index is 11.9. The van der Waals surface area contributed by atoms with Crippen molar-refractivity contribution in [3.63, 3.8) is 0 Å². The summed E-state index contributed by atoms with van der Waals surface area (Å²) in [5.74, 6) is 0.802. The average Bonchev–Trinajstić information content (AvgIpc) is 2.66. The second-order valence-corrected chi connectivity index (χ2v) is 6.18. The Morgan fingerprint density at radius 2 is 2.13 bits per heavy atom. The maximum Gasteiger partial charge on any atom is 0.215 e. The molecule has 0 saturated carbocycles. The molecule has 0 amide bonds. The highest BCUT2D eigenvalue weighted by Gasteiger charge is 2.29. The Labute approximate surface area is 93.1 Å². The van der Waals surface area contributed by atoms with Crippen LogP contribution in [-0.2, 0) is 10.0 Å². The smallest absolute Gasteiger partial charge is 0.215 e. The largest absolute Gasteiger partial charge is 0.316 e. The van der Waals surface area contributed by atoms with Crippen molar-refractivity contribution in [3.05, 3.63) is 0 Å². The fraction of sp³-hybridized carbons (Fsp3) is 1.00. The molecule has 0 radical (unpaired) electrons. The van der Waals surface area contributed by atoms with Gasteiger partial charge in [0.05, 0.1) is 5.75 Å². The second kappa shape index (κ2) is 5.82. The Morgan fingerprint density at radius 1 is 1.40 bits per heavy atom. The normalized spacial score (nSPS) is 23.5. The van der Waals surface area contributed by atoms with E-state index in [9.17, 15) is 8.42 Å². The molecule has 1 rings (SSSR count). The summed E-state index contributed by atoms with van der Waals surface area (Å²) in [5, 5.41) is 3.05. The summed E-state index contributed by atoms with van der Waals surface area (Å²) < 4.78 is 25.4. The molecular formula is C10H22N2O2S. The summed E-state index contributed by atoms with van der Waals surface area (Å²) in [5.41, 5.74) is 0. The second-order valence-electron chi connectivity index (χ2n) is 4.09. The van der Waals surface area contributed by atoms with E-state index in [2.05, 4.69) is 12.2 Å². The van der Waals surface area contributed by atoms with Crippen LogP contribution in [0, 0.1) is 5.92 Å². The van der Waals surface area contributed by atoms with E-state index >= 15 is 0 Å². The SMILES string of the molecule is CCNCCS(=O)(=O)N1CCC(CC)C1. The van der Waals surface area contributed by atoms with Crippen LogP contribution in [0.3, 0.4) is 0 Å². The predicted molar refractivity (Wildman–Crippen MR) is 62.3 cm³/mol. The van der Waals surface area contributed by atoms with Crippen LogP contribution in [0.1, 0.15) is 26.7 Å². The first-order chi connectivity index (χ1) is 7.10. The van der Waals surface area contributed by atoms with Crippen LogP contribution in [-0.4, -0.2) is 44.7 Å². The number of hydrogen-bond acceptors (Lipinski definition) is 3. The van der Waals surface area contributed by atoms with E-state index in [1.54, 1.807) is 4.31 Å². The van der Waals surface area contributed by atoms with Gasteiger partial charge in [-0.1, -0.05) is 20.3 Å². The molecule has 5 heteroatoms. The lowest BCUT2D eigenvalue weighted by Crippen LogP contribution is -2.34. The van der Waals surface area contributed by atoms with Crippen LogP contribution in [0.25, 0.3) is 0 Å². The molecule has 0 spiro atoms. The van der Waals surface area contributed by atoms with Crippen molar-refractivity contribution >= 4 is 10.0 Å². The van der Waals surface area contributed by atoms with Gasteiger partial charge in [-0.3, -0.25) is 0 Å². The van der Waals surface area contributed by atoms with Crippen LogP contribution in [0.5, 0.6) is 0 Å². The van der Waals surface area contributed by atoms with Gasteiger partial charge in [0.25, 0.3) is 0 Å². The third kappa shape index (κ3) is 3.74. The minimum Gasteiger partial charge on any atom is -0.316 e. The summed E-state index contributed by atoms with van der Waals surface area (Å²) in [7, 11) is -3.00. The molecule has 0 aromatic heterocycles. The van der Waals surface area contributed by atoms with Crippen molar-refractivity contribution in [2.45, 2.75) is 26.7 Å². The summed E-state index contributed by atoms with van der Waals surface area (Å²) in [6.45, 7) is 6.94.